The Balaban J connectivity index is 1.72. The van der Waals surface area contributed by atoms with E-state index in [1.807, 2.05) is 19.9 Å². The van der Waals surface area contributed by atoms with Crippen molar-refractivity contribution in [2.24, 2.45) is 0 Å². The second-order valence-electron chi connectivity index (χ2n) is 7.52. The molecule has 1 atom stereocenters. The molecule has 0 saturated carbocycles. The summed E-state index contributed by atoms with van der Waals surface area (Å²) in [7, 11) is 0. The molecular formula is C21H21ClFN3O3. The molecule has 3 aromatic rings. The van der Waals surface area contributed by atoms with Crippen molar-refractivity contribution in [3.05, 3.63) is 57.9 Å². The van der Waals surface area contributed by atoms with Gasteiger partial charge < -0.3 is 13.9 Å². The minimum Gasteiger partial charge on any atom is -0.361 e. The van der Waals surface area contributed by atoms with Gasteiger partial charge in [-0.15, -0.1) is 0 Å². The van der Waals surface area contributed by atoms with Crippen molar-refractivity contribution < 1.29 is 18.2 Å². The van der Waals surface area contributed by atoms with Crippen molar-refractivity contribution in [3.8, 4) is 11.3 Å². The highest BCUT2D eigenvalue weighted by atomic mass is 35.5. The molecule has 8 heteroatoms. The van der Waals surface area contributed by atoms with Crippen LogP contribution in [0, 0.1) is 12.7 Å². The van der Waals surface area contributed by atoms with E-state index in [-0.39, 0.29) is 39.7 Å². The maximum absolute atomic E-state index is 14.5. The van der Waals surface area contributed by atoms with Crippen LogP contribution in [0.4, 0.5) is 4.39 Å². The molecular weight excluding hydrogens is 397 g/mol. The van der Waals surface area contributed by atoms with Crippen LogP contribution in [0.2, 0.25) is 5.02 Å². The van der Waals surface area contributed by atoms with Gasteiger partial charge in [0.1, 0.15) is 34.3 Å². The number of amides is 1. The Morgan fingerprint density at radius 2 is 2.10 bits per heavy atom. The molecule has 0 N–H and O–H groups in total. The fourth-order valence-electron chi connectivity index (χ4n) is 3.71. The molecule has 152 valence electrons. The highest BCUT2D eigenvalue weighted by Gasteiger charge is 2.36. The number of halogens is 2. The van der Waals surface area contributed by atoms with Gasteiger partial charge in [0, 0.05) is 18.5 Å². The van der Waals surface area contributed by atoms with Crippen LogP contribution in [-0.4, -0.2) is 27.7 Å². The van der Waals surface area contributed by atoms with Gasteiger partial charge in [-0.2, -0.15) is 0 Å². The lowest BCUT2D eigenvalue weighted by molar-refractivity contribution is 0.0729. The van der Waals surface area contributed by atoms with E-state index in [1.165, 1.54) is 12.1 Å². The summed E-state index contributed by atoms with van der Waals surface area (Å²) in [6.45, 7) is 6.23. The largest absolute Gasteiger partial charge is 0.361 e. The third-order valence-electron chi connectivity index (χ3n) is 5.25. The molecule has 0 radical (unpaired) electrons. The van der Waals surface area contributed by atoms with Crippen molar-refractivity contribution in [3.63, 3.8) is 0 Å². The number of hydrogen-bond acceptors (Lipinski definition) is 5. The highest BCUT2D eigenvalue weighted by Crippen LogP contribution is 2.38. The van der Waals surface area contributed by atoms with E-state index in [0.29, 0.717) is 12.3 Å². The van der Waals surface area contributed by atoms with Crippen LogP contribution >= 0.6 is 11.6 Å². The molecule has 0 spiro atoms. The third-order valence-corrected chi connectivity index (χ3v) is 5.56. The summed E-state index contributed by atoms with van der Waals surface area (Å²) in [6.07, 6.45) is 1.61. The van der Waals surface area contributed by atoms with Gasteiger partial charge in [0.25, 0.3) is 5.91 Å². The molecule has 29 heavy (non-hydrogen) atoms. The SMILES string of the molecule is Cc1onc(-c2c(F)cccc2Cl)c1C(=O)N1CCC[C@H]1c1cc(C(C)C)on1. The number of carbonyl (C=O) groups is 1. The number of hydrogen-bond donors (Lipinski definition) is 0. The fraction of sp³-hybridized carbons (Fsp3) is 0.381. The maximum Gasteiger partial charge on any atom is 0.260 e. The predicted molar refractivity (Wildman–Crippen MR) is 105 cm³/mol. The Morgan fingerprint density at radius 3 is 2.79 bits per heavy atom. The van der Waals surface area contributed by atoms with Crippen molar-refractivity contribution in [1.29, 1.82) is 0 Å². The Bertz CT molecular complexity index is 1040. The summed E-state index contributed by atoms with van der Waals surface area (Å²) in [6, 6.07) is 6.02. The third kappa shape index (κ3) is 3.44. The second kappa shape index (κ2) is 7.63. The van der Waals surface area contributed by atoms with E-state index in [4.69, 9.17) is 20.6 Å². The first-order valence-electron chi connectivity index (χ1n) is 9.56. The zero-order valence-corrected chi connectivity index (χ0v) is 17.2. The number of nitrogens with zero attached hydrogens (tertiary/aromatic N) is 3. The summed E-state index contributed by atoms with van der Waals surface area (Å²) in [5, 5.41) is 8.29. The van der Waals surface area contributed by atoms with E-state index in [2.05, 4.69) is 10.3 Å². The van der Waals surface area contributed by atoms with Gasteiger partial charge in [0.2, 0.25) is 0 Å². The number of aryl methyl sites for hydroxylation is 1. The minimum atomic E-state index is -0.559. The van der Waals surface area contributed by atoms with Crippen LogP contribution in [0.1, 0.15) is 66.2 Å². The van der Waals surface area contributed by atoms with Gasteiger partial charge in [-0.05, 0) is 31.9 Å². The van der Waals surface area contributed by atoms with Crippen molar-refractivity contribution in [2.75, 3.05) is 6.54 Å². The summed E-state index contributed by atoms with van der Waals surface area (Å²) in [5.41, 5.74) is 1.12. The smallest absolute Gasteiger partial charge is 0.260 e. The van der Waals surface area contributed by atoms with Crippen LogP contribution in [0.5, 0.6) is 0 Å². The fourth-order valence-corrected chi connectivity index (χ4v) is 3.97. The Hall–Kier alpha value is -2.67. The standard InChI is InChI=1S/C21H21ClFN3O3/c1-11(2)17-10-15(24-29-17)16-8-5-9-26(16)21(27)18-12(3)28-25-20(18)19-13(22)6-4-7-14(19)23/h4,6-7,10-11,16H,5,8-9H2,1-3H3/t16-/m0/s1. The molecule has 3 heterocycles. The van der Waals surface area contributed by atoms with Crippen molar-refractivity contribution >= 4 is 17.5 Å². The lowest BCUT2D eigenvalue weighted by Crippen LogP contribution is -2.31. The molecule has 1 aromatic carbocycles. The summed E-state index contributed by atoms with van der Waals surface area (Å²) < 4.78 is 25.2. The summed E-state index contributed by atoms with van der Waals surface area (Å²) in [4.78, 5) is 15.2. The monoisotopic (exact) mass is 417 g/mol. The zero-order valence-electron chi connectivity index (χ0n) is 16.4. The van der Waals surface area contributed by atoms with E-state index >= 15 is 0 Å². The maximum atomic E-state index is 14.5. The topological polar surface area (TPSA) is 72.4 Å². The van der Waals surface area contributed by atoms with Gasteiger partial charge in [-0.3, -0.25) is 4.79 Å². The highest BCUT2D eigenvalue weighted by molar-refractivity contribution is 6.33. The van der Waals surface area contributed by atoms with Gasteiger partial charge in [-0.25, -0.2) is 4.39 Å². The van der Waals surface area contributed by atoms with E-state index in [9.17, 15) is 9.18 Å². The van der Waals surface area contributed by atoms with E-state index in [0.717, 1.165) is 24.3 Å². The number of benzene rings is 1. The molecule has 0 aliphatic carbocycles. The van der Waals surface area contributed by atoms with Gasteiger partial charge in [-0.1, -0.05) is 41.8 Å². The lowest BCUT2D eigenvalue weighted by atomic mass is 10.0. The minimum absolute atomic E-state index is 0.0636. The van der Waals surface area contributed by atoms with Gasteiger partial charge in [0.05, 0.1) is 16.6 Å². The molecule has 0 unspecified atom stereocenters. The molecule has 1 fully saturated rings. The quantitative estimate of drug-likeness (QED) is 0.558. The van der Waals surface area contributed by atoms with Crippen LogP contribution in [0.15, 0.2) is 33.3 Å². The molecule has 0 bridgehead atoms. The van der Waals surface area contributed by atoms with Crippen LogP contribution in [-0.2, 0) is 0 Å². The van der Waals surface area contributed by atoms with Crippen molar-refractivity contribution in [2.45, 2.75) is 45.6 Å². The Kier molecular flexibility index (Phi) is 5.17. The second-order valence-corrected chi connectivity index (χ2v) is 7.93. The first-order chi connectivity index (χ1) is 13.9. The average Bonchev–Trinajstić information content (AvgIpc) is 3.40. The summed E-state index contributed by atoms with van der Waals surface area (Å²) >= 11 is 6.20. The number of likely N-dealkylation sites (tertiary alicyclic amines) is 1. The molecule has 1 aliphatic heterocycles. The van der Waals surface area contributed by atoms with Crippen molar-refractivity contribution in [1.82, 2.24) is 15.2 Å². The predicted octanol–water partition coefficient (Wildman–Crippen LogP) is 5.53. The number of aromatic nitrogens is 2. The van der Waals surface area contributed by atoms with Crippen LogP contribution in [0.25, 0.3) is 11.3 Å². The first kappa shape index (κ1) is 19.6. The molecule has 6 nitrogen and oxygen atoms in total. The Morgan fingerprint density at radius 1 is 1.31 bits per heavy atom. The van der Waals surface area contributed by atoms with E-state index < -0.39 is 5.82 Å². The number of carbonyl (C=O) groups excluding carboxylic acids is 1. The molecule has 1 amide bonds. The molecule has 1 saturated heterocycles. The van der Waals surface area contributed by atoms with E-state index in [1.54, 1.807) is 17.9 Å². The van der Waals surface area contributed by atoms with Crippen LogP contribution < -0.4 is 0 Å². The van der Waals surface area contributed by atoms with Gasteiger partial charge >= 0.3 is 0 Å². The molecule has 1 aliphatic rings. The van der Waals surface area contributed by atoms with Gasteiger partial charge in [0.15, 0.2) is 0 Å². The van der Waals surface area contributed by atoms with Crippen LogP contribution in [0.3, 0.4) is 0 Å². The number of rotatable bonds is 4. The molecule has 2 aromatic heterocycles. The summed E-state index contributed by atoms with van der Waals surface area (Å²) in [5.74, 6) is 0.458. The first-order valence-corrected chi connectivity index (χ1v) is 9.94. The normalized spacial score (nSPS) is 16.8. The average molecular weight is 418 g/mol. The Labute approximate surface area is 172 Å². The lowest BCUT2D eigenvalue weighted by Gasteiger charge is -2.23. The zero-order chi connectivity index (χ0) is 20.7. The molecule has 4 rings (SSSR count).